The second kappa shape index (κ2) is 5.69. The van der Waals surface area contributed by atoms with Crippen molar-refractivity contribution in [1.29, 1.82) is 0 Å². The van der Waals surface area contributed by atoms with Crippen molar-refractivity contribution in [2.75, 3.05) is 12.4 Å². The topological polar surface area (TPSA) is 71.1 Å². The fourth-order valence-electron chi connectivity index (χ4n) is 2.87. The largest absolute Gasteiger partial charge is 0.386 e. The van der Waals surface area contributed by atoms with E-state index in [0.29, 0.717) is 5.69 Å². The van der Waals surface area contributed by atoms with E-state index in [9.17, 15) is 8.42 Å². The minimum absolute atomic E-state index is 0.00420. The first kappa shape index (κ1) is 15.3. The Morgan fingerprint density at radius 2 is 2.15 bits per heavy atom. The molecule has 0 spiro atoms. The van der Waals surface area contributed by atoms with Crippen LogP contribution in [0.1, 0.15) is 39.5 Å². The van der Waals surface area contributed by atoms with E-state index in [1.807, 2.05) is 0 Å². The maximum absolute atomic E-state index is 12.5. The molecular formula is C14H23N3O2S. The molecule has 1 aliphatic rings. The molecule has 112 valence electrons. The Labute approximate surface area is 121 Å². The van der Waals surface area contributed by atoms with Gasteiger partial charge in [-0.15, -0.1) is 0 Å². The predicted molar refractivity (Wildman–Crippen MR) is 80.1 cm³/mol. The van der Waals surface area contributed by atoms with Crippen LogP contribution in [0.25, 0.3) is 0 Å². The Balaban J connectivity index is 2.19. The van der Waals surface area contributed by atoms with Gasteiger partial charge in [0.1, 0.15) is 0 Å². The van der Waals surface area contributed by atoms with Crippen LogP contribution in [-0.4, -0.2) is 26.5 Å². The SMILES string of the molecule is CNc1cccnc1S(=O)(=O)NC1CCCC(C)(C)C1. The van der Waals surface area contributed by atoms with Crippen molar-refractivity contribution in [3.8, 4) is 0 Å². The van der Waals surface area contributed by atoms with E-state index in [1.54, 1.807) is 19.2 Å². The van der Waals surface area contributed by atoms with Crippen LogP contribution in [0.15, 0.2) is 23.4 Å². The zero-order valence-electron chi connectivity index (χ0n) is 12.3. The van der Waals surface area contributed by atoms with E-state index < -0.39 is 10.0 Å². The van der Waals surface area contributed by atoms with Crippen molar-refractivity contribution in [1.82, 2.24) is 9.71 Å². The Kier molecular flexibility index (Phi) is 4.34. The lowest BCUT2D eigenvalue weighted by atomic mass is 9.75. The molecule has 1 atom stereocenters. The van der Waals surface area contributed by atoms with Gasteiger partial charge >= 0.3 is 0 Å². The monoisotopic (exact) mass is 297 g/mol. The molecule has 1 aromatic rings. The maximum Gasteiger partial charge on any atom is 0.260 e. The number of rotatable bonds is 4. The molecule has 5 nitrogen and oxygen atoms in total. The molecule has 2 rings (SSSR count). The van der Waals surface area contributed by atoms with Gasteiger partial charge in [-0.1, -0.05) is 20.3 Å². The fraction of sp³-hybridized carbons (Fsp3) is 0.643. The first-order valence-corrected chi connectivity index (χ1v) is 8.47. The van der Waals surface area contributed by atoms with Crippen molar-refractivity contribution < 1.29 is 8.42 Å². The van der Waals surface area contributed by atoms with Gasteiger partial charge in [0.2, 0.25) is 0 Å². The quantitative estimate of drug-likeness (QED) is 0.895. The summed E-state index contributed by atoms with van der Waals surface area (Å²) in [6, 6.07) is 3.43. The van der Waals surface area contributed by atoms with Gasteiger partial charge in [-0.2, -0.15) is 0 Å². The highest BCUT2D eigenvalue weighted by atomic mass is 32.2. The second-order valence-corrected chi connectivity index (χ2v) is 7.81. The lowest BCUT2D eigenvalue weighted by Gasteiger charge is -2.35. The molecule has 6 heteroatoms. The molecule has 0 amide bonds. The lowest BCUT2D eigenvalue weighted by molar-refractivity contribution is 0.212. The summed E-state index contributed by atoms with van der Waals surface area (Å²) < 4.78 is 27.8. The minimum atomic E-state index is -3.58. The Bertz CT molecular complexity index is 570. The fourth-order valence-corrected chi connectivity index (χ4v) is 4.28. The van der Waals surface area contributed by atoms with Crippen LogP contribution in [0, 0.1) is 5.41 Å². The summed E-state index contributed by atoms with van der Waals surface area (Å²) in [6.45, 7) is 4.38. The van der Waals surface area contributed by atoms with Crippen LogP contribution < -0.4 is 10.0 Å². The standard InChI is InChI=1S/C14H23N3O2S/c1-14(2)8-4-6-11(10-14)17-20(18,19)13-12(15-3)7-5-9-16-13/h5,7,9,11,15,17H,4,6,8,10H2,1-3H3. The van der Waals surface area contributed by atoms with E-state index in [0.717, 1.165) is 25.7 Å². The summed E-state index contributed by atoms with van der Waals surface area (Å²) in [6.07, 6.45) is 5.47. The van der Waals surface area contributed by atoms with Crippen LogP contribution in [0.4, 0.5) is 5.69 Å². The van der Waals surface area contributed by atoms with Crippen LogP contribution >= 0.6 is 0 Å². The highest BCUT2D eigenvalue weighted by Crippen LogP contribution is 2.35. The highest BCUT2D eigenvalue weighted by Gasteiger charge is 2.31. The number of nitrogens with one attached hydrogen (secondary N) is 2. The van der Waals surface area contributed by atoms with E-state index in [-0.39, 0.29) is 16.5 Å². The maximum atomic E-state index is 12.5. The van der Waals surface area contributed by atoms with Crippen LogP contribution in [0.2, 0.25) is 0 Å². The molecule has 0 radical (unpaired) electrons. The van der Waals surface area contributed by atoms with Crippen molar-refractivity contribution in [3.05, 3.63) is 18.3 Å². The van der Waals surface area contributed by atoms with E-state index in [1.165, 1.54) is 6.20 Å². The zero-order valence-corrected chi connectivity index (χ0v) is 13.1. The molecule has 0 saturated heterocycles. The second-order valence-electron chi connectivity index (χ2n) is 6.18. The number of pyridine rings is 1. The molecule has 1 aromatic heterocycles. The minimum Gasteiger partial charge on any atom is -0.386 e. The van der Waals surface area contributed by atoms with Crippen LogP contribution in [0.5, 0.6) is 0 Å². The van der Waals surface area contributed by atoms with Crippen molar-refractivity contribution in [2.24, 2.45) is 5.41 Å². The molecule has 1 unspecified atom stereocenters. The molecule has 0 aliphatic heterocycles. The third-order valence-electron chi connectivity index (χ3n) is 3.82. The number of hydrogen-bond acceptors (Lipinski definition) is 4. The number of nitrogens with zero attached hydrogens (tertiary/aromatic N) is 1. The molecule has 0 bridgehead atoms. The Morgan fingerprint density at radius 1 is 1.40 bits per heavy atom. The average molecular weight is 297 g/mol. The normalized spacial score (nSPS) is 22.4. The van der Waals surface area contributed by atoms with E-state index in [4.69, 9.17) is 0 Å². The van der Waals surface area contributed by atoms with Crippen molar-refractivity contribution >= 4 is 15.7 Å². The van der Waals surface area contributed by atoms with Gasteiger partial charge in [-0.25, -0.2) is 18.1 Å². The van der Waals surface area contributed by atoms with Gasteiger partial charge < -0.3 is 5.32 Å². The summed E-state index contributed by atoms with van der Waals surface area (Å²) in [7, 11) is -1.88. The third kappa shape index (κ3) is 3.49. The summed E-state index contributed by atoms with van der Waals surface area (Å²) in [5.41, 5.74) is 0.719. The van der Waals surface area contributed by atoms with E-state index >= 15 is 0 Å². The Hall–Kier alpha value is -1.14. The molecule has 1 saturated carbocycles. The van der Waals surface area contributed by atoms with Gasteiger partial charge in [0, 0.05) is 19.3 Å². The molecule has 1 heterocycles. The predicted octanol–water partition coefficient (Wildman–Crippen LogP) is 2.37. The summed E-state index contributed by atoms with van der Waals surface area (Å²) in [5, 5.41) is 2.95. The summed E-state index contributed by atoms with van der Waals surface area (Å²) in [5.74, 6) is 0. The van der Waals surface area contributed by atoms with Crippen molar-refractivity contribution in [2.45, 2.75) is 50.6 Å². The lowest BCUT2D eigenvalue weighted by Crippen LogP contribution is -2.41. The van der Waals surface area contributed by atoms with Crippen LogP contribution in [0.3, 0.4) is 0 Å². The molecule has 2 N–H and O–H groups in total. The molecule has 1 aliphatic carbocycles. The third-order valence-corrected chi connectivity index (χ3v) is 5.30. The molecule has 1 fully saturated rings. The molecule has 20 heavy (non-hydrogen) atoms. The van der Waals surface area contributed by atoms with Gasteiger partial charge in [0.25, 0.3) is 10.0 Å². The highest BCUT2D eigenvalue weighted by molar-refractivity contribution is 7.89. The number of sulfonamides is 1. The first-order valence-electron chi connectivity index (χ1n) is 6.99. The van der Waals surface area contributed by atoms with E-state index in [2.05, 4.69) is 28.9 Å². The number of hydrogen-bond donors (Lipinski definition) is 2. The van der Waals surface area contributed by atoms with Gasteiger partial charge in [0.05, 0.1) is 5.69 Å². The average Bonchev–Trinajstić information content (AvgIpc) is 2.37. The van der Waals surface area contributed by atoms with Crippen LogP contribution in [-0.2, 0) is 10.0 Å². The smallest absolute Gasteiger partial charge is 0.260 e. The summed E-state index contributed by atoms with van der Waals surface area (Å²) >= 11 is 0. The molecular weight excluding hydrogens is 274 g/mol. The van der Waals surface area contributed by atoms with Gasteiger partial charge in [0.15, 0.2) is 5.03 Å². The van der Waals surface area contributed by atoms with Crippen molar-refractivity contribution in [3.63, 3.8) is 0 Å². The Morgan fingerprint density at radius 3 is 2.80 bits per heavy atom. The number of anilines is 1. The first-order chi connectivity index (χ1) is 9.34. The zero-order chi connectivity index (χ0) is 14.8. The molecule has 0 aromatic carbocycles. The van der Waals surface area contributed by atoms with Gasteiger partial charge in [-0.3, -0.25) is 0 Å². The van der Waals surface area contributed by atoms with Gasteiger partial charge in [-0.05, 0) is 36.8 Å². The number of aromatic nitrogens is 1. The summed E-state index contributed by atoms with van der Waals surface area (Å²) in [4.78, 5) is 4.01.